The van der Waals surface area contributed by atoms with Gasteiger partial charge in [-0.3, -0.25) is 4.79 Å². The number of carbonyl (C=O) groups is 1. The summed E-state index contributed by atoms with van der Waals surface area (Å²) in [5, 5.41) is 3.01. The first-order valence-electron chi connectivity index (χ1n) is 6.61. The molecule has 0 aliphatic carbocycles. The van der Waals surface area contributed by atoms with Gasteiger partial charge in [0.15, 0.2) is 0 Å². The number of hydrogen-bond acceptors (Lipinski definition) is 2. The molecule has 2 aromatic rings. The van der Waals surface area contributed by atoms with Gasteiger partial charge in [-0.15, -0.1) is 0 Å². The number of nitrogens with one attached hydrogen (secondary N) is 1. The van der Waals surface area contributed by atoms with E-state index in [9.17, 15) is 4.79 Å². The minimum absolute atomic E-state index is 0.0333. The Balaban J connectivity index is 2.04. The molecule has 0 saturated carbocycles. The maximum Gasteiger partial charge on any atom is 0.268 e. The summed E-state index contributed by atoms with van der Waals surface area (Å²) >= 11 is 3.42. The molecule has 0 aromatic carbocycles. The number of hydrogen-bond donors (Lipinski definition) is 1. The molecule has 108 valence electrons. The number of aromatic nitrogens is 3. The Morgan fingerprint density at radius 1 is 1.45 bits per heavy atom. The van der Waals surface area contributed by atoms with Gasteiger partial charge >= 0.3 is 0 Å². The third kappa shape index (κ3) is 3.50. The first-order chi connectivity index (χ1) is 9.47. The number of amides is 1. The van der Waals surface area contributed by atoms with E-state index in [1.165, 1.54) is 0 Å². The smallest absolute Gasteiger partial charge is 0.268 e. The topological polar surface area (TPSA) is 51.9 Å². The SMILES string of the molecule is CC(Cn1ccnc1)NC(=O)c1cc(Br)cn1C(C)C. The summed E-state index contributed by atoms with van der Waals surface area (Å²) in [6.07, 6.45) is 7.29. The zero-order valence-corrected chi connectivity index (χ0v) is 13.5. The molecule has 5 nitrogen and oxygen atoms in total. The van der Waals surface area contributed by atoms with Gasteiger partial charge in [0.05, 0.1) is 6.33 Å². The van der Waals surface area contributed by atoms with E-state index in [1.807, 2.05) is 34.5 Å². The number of carbonyl (C=O) groups excluding carboxylic acids is 1. The van der Waals surface area contributed by atoms with Gasteiger partial charge in [0, 0.05) is 41.7 Å². The van der Waals surface area contributed by atoms with Crippen LogP contribution in [0.25, 0.3) is 0 Å². The molecule has 20 heavy (non-hydrogen) atoms. The van der Waals surface area contributed by atoms with Gasteiger partial charge in [0.25, 0.3) is 5.91 Å². The van der Waals surface area contributed by atoms with Crippen LogP contribution in [0.5, 0.6) is 0 Å². The summed E-state index contributed by atoms with van der Waals surface area (Å²) in [5.74, 6) is -0.0583. The molecular formula is C14H19BrN4O. The lowest BCUT2D eigenvalue weighted by Gasteiger charge is -2.17. The third-order valence-electron chi connectivity index (χ3n) is 3.03. The lowest BCUT2D eigenvalue weighted by atomic mass is 10.3. The molecule has 0 spiro atoms. The fourth-order valence-electron chi connectivity index (χ4n) is 2.11. The van der Waals surface area contributed by atoms with Crippen LogP contribution in [0.2, 0.25) is 0 Å². The molecule has 6 heteroatoms. The van der Waals surface area contributed by atoms with Crippen LogP contribution in [-0.2, 0) is 6.54 Å². The van der Waals surface area contributed by atoms with Crippen molar-refractivity contribution in [2.24, 2.45) is 0 Å². The average Bonchev–Trinajstić information content (AvgIpc) is 2.97. The van der Waals surface area contributed by atoms with Crippen molar-refractivity contribution in [2.45, 2.75) is 39.4 Å². The van der Waals surface area contributed by atoms with Crippen molar-refractivity contribution in [3.8, 4) is 0 Å². The highest BCUT2D eigenvalue weighted by atomic mass is 79.9. The zero-order valence-electron chi connectivity index (χ0n) is 11.9. The van der Waals surface area contributed by atoms with Crippen LogP contribution >= 0.6 is 15.9 Å². The highest BCUT2D eigenvalue weighted by molar-refractivity contribution is 9.10. The summed E-state index contributed by atoms with van der Waals surface area (Å²) in [4.78, 5) is 16.3. The Morgan fingerprint density at radius 2 is 2.20 bits per heavy atom. The van der Waals surface area contributed by atoms with Crippen molar-refractivity contribution in [2.75, 3.05) is 0 Å². The molecular weight excluding hydrogens is 320 g/mol. The van der Waals surface area contributed by atoms with Crippen LogP contribution in [0, 0.1) is 0 Å². The molecule has 0 saturated heterocycles. The van der Waals surface area contributed by atoms with Gasteiger partial charge in [0.1, 0.15) is 5.69 Å². The second kappa shape index (κ2) is 6.26. The van der Waals surface area contributed by atoms with Crippen LogP contribution in [0.15, 0.2) is 35.5 Å². The Bertz CT molecular complexity index is 574. The molecule has 0 aliphatic rings. The monoisotopic (exact) mass is 338 g/mol. The fourth-order valence-corrected chi connectivity index (χ4v) is 2.55. The van der Waals surface area contributed by atoms with E-state index in [0.717, 1.165) is 4.47 Å². The Kier molecular flexibility index (Phi) is 4.65. The van der Waals surface area contributed by atoms with E-state index in [1.54, 1.807) is 12.5 Å². The number of rotatable bonds is 5. The zero-order chi connectivity index (χ0) is 14.7. The van der Waals surface area contributed by atoms with E-state index in [2.05, 4.69) is 40.1 Å². The van der Waals surface area contributed by atoms with Gasteiger partial charge in [-0.2, -0.15) is 0 Å². The lowest BCUT2D eigenvalue weighted by molar-refractivity contribution is 0.0926. The van der Waals surface area contributed by atoms with Crippen LogP contribution < -0.4 is 5.32 Å². The first-order valence-corrected chi connectivity index (χ1v) is 7.40. The van der Waals surface area contributed by atoms with Gasteiger partial charge in [0.2, 0.25) is 0 Å². The maximum atomic E-state index is 12.3. The van der Waals surface area contributed by atoms with Crippen molar-refractivity contribution >= 4 is 21.8 Å². The quantitative estimate of drug-likeness (QED) is 0.911. The van der Waals surface area contributed by atoms with E-state index >= 15 is 0 Å². The van der Waals surface area contributed by atoms with Crippen LogP contribution in [0.1, 0.15) is 37.3 Å². The minimum atomic E-state index is -0.0583. The molecule has 1 amide bonds. The second-order valence-electron chi connectivity index (χ2n) is 5.18. The Morgan fingerprint density at radius 3 is 2.80 bits per heavy atom. The average molecular weight is 339 g/mol. The molecule has 2 rings (SSSR count). The number of nitrogens with zero attached hydrogens (tertiary/aromatic N) is 3. The fraction of sp³-hybridized carbons (Fsp3) is 0.429. The number of imidazole rings is 1. The van der Waals surface area contributed by atoms with Crippen molar-refractivity contribution in [1.82, 2.24) is 19.4 Å². The molecule has 0 fully saturated rings. The largest absolute Gasteiger partial charge is 0.347 e. The van der Waals surface area contributed by atoms with E-state index < -0.39 is 0 Å². The van der Waals surface area contributed by atoms with E-state index in [-0.39, 0.29) is 18.0 Å². The van der Waals surface area contributed by atoms with Crippen LogP contribution in [0.3, 0.4) is 0 Å². The van der Waals surface area contributed by atoms with Crippen LogP contribution in [-0.4, -0.2) is 26.1 Å². The van der Waals surface area contributed by atoms with Gasteiger partial charge < -0.3 is 14.5 Å². The predicted molar refractivity (Wildman–Crippen MR) is 81.7 cm³/mol. The van der Waals surface area contributed by atoms with Gasteiger partial charge in [-0.25, -0.2) is 4.98 Å². The molecule has 1 unspecified atom stereocenters. The molecule has 2 aromatic heterocycles. The summed E-state index contributed by atoms with van der Waals surface area (Å²) in [5.41, 5.74) is 0.671. The molecule has 0 aliphatic heterocycles. The lowest BCUT2D eigenvalue weighted by Crippen LogP contribution is -2.36. The molecule has 1 atom stereocenters. The second-order valence-corrected chi connectivity index (χ2v) is 6.09. The van der Waals surface area contributed by atoms with E-state index in [0.29, 0.717) is 12.2 Å². The summed E-state index contributed by atoms with van der Waals surface area (Å²) in [6, 6.07) is 2.12. The maximum absolute atomic E-state index is 12.3. The standard InChI is InChI=1S/C14H19BrN4O/c1-10(2)19-8-12(15)6-13(19)14(20)17-11(3)7-18-5-4-16-9-18/h4-6,8-11H,7H2,1-3H3,(H,17,20). The Hall–Kier alpha value is -1.56. The first kappa shape index (κ1) is 14.8. The van der Waals surface area contributed by atoms with Crippen molar-refractivity contribution in [3.05, 3.63) is 41.2 Å². The normalized spacial score (nSPS) is 12.7. The molecule has 0 bridgehead atoms. The van der Waals surface area contributed by atoms with Crippen LogP contribution in [0.4, 0.5) is 0 Å². The Labute approximate surface area is 127 Å². The summed E-state index contributed by atoms with van der Waals surface area (Å²) < 4.78 is 4.82. The summed E-state index contributed by atoms with van der Waals surface area (Å²) in [6.45, 7) is 6.79. The van der Waals surface area contributed by atoms with Crippen molar-refractivity contribution in [3.63, 3.8) is 0 Å². The van der Waals surface area contributed by atoms with Crippen molar-refractivity contribution < 1.29 is 4.79 Å². The van der Waals surface area contributed by atoms with Gasteiger partial charge in [-0.1, -0.05) is 0 Å². The highest BCUT2D eigenvalue weighted by Gasteiger charge is 2.16. The molecule has 0 radical (unpaired) electrons. The highest BCUT2D eigenvalue weighted by Crippen LogP contribution is 2.19. The molecule has 1 N–H and O–H groups in total. The molecule has 2 heterocycles. The number of halogens is 1. The third-order valence-corrected chi connectivity index (χ3v) is 3.46. The van der Waals surface area contributed by atoms with E-state index in [4.69, 9.17) is 0 Å². The predicted octanol–water partition coefficient (Wildman–Crippen LogP) is 2.85. The van der Waals surface area contributed by atoms with Gasteiger partial charge in [-0.05, 0) is 42.8 Å². The minimum Gasteiger partial charge on any atom is -0.347 e. The summed E-state index contributed by atoms with van der Waals surface area (Å²) in [7, 11) is 0. The van der Waals surface area contributed by atoms with Crippen molar-refractivity contribution in [1.29, 1.82) is 0 Å².